The van der Waals surface area contributed by atoms with Crippen molar-refractivity contribution in [1.29, 1.82) is 0 Å². The molecule has 0 unspecified atom stereocenters. The minimum Gasteiger partial charge on any atom is -0.481 e. The SMILES string of the molecule is CSCC[C@H](N)C(=O)N[C@@H](CS)C(=O)N[C@@H](CC(N)=O)C(=O)N[C@@H](CC(C)C)C(=O)N[C@@H](CC(=O)O)C(=O)N[C@@H](CS)C(=O)N[C@@H](CCC(N)=O)C(=O)N[C@@H](CCC(=O)O)C(=O)N[C@@H](CCC(=O)O)C(=O)N1CCC[C@H]1C(=O)O. The van der Waals surface area contributed by atoms with Crippen LogP contribution < -0.4 is 59.7 Å². The van der Waals surface area contributed by atoms with Gasteiger partial charge in [-0.2, -0.15) is 37.0 Å². The molecule has 1 heterocycles. The van der Waals surface area contributed by atoms with E-state index in [9.17, 15) is 92.3 Å². The molecule has 18 N–H and O–H groups in total. The third kappa shape index (κ3) is 26.1. The number of amides is 11. The number of nitrogens with one attached hydrogen (secondary N) is 8. The number of hydrogen-bond acceptors (Lipinski definition) is 19. The zero-order valence-electron chi connectivity index (χ0n) is 43.6. The van der Waals surface area contributed by atoms with Gasteiger partial charge in [0.05, 0.1) is 18.9 Å². The number of likely N-dealkylation sites (tertiary alicyclic amines) is 1. The molecule has 0 bridgehead atoms. The van der Waals surface area contributed by atoms with Crippen molar-refractivity contribution in [2.24, 2.45) is 23.1 Å². The molecule has 34 heteroatoms. The minimum absolute atomic E-state index is 0.0553. The molecule has 1 aliphatic heterocycles. The average Bonchev–Trinajstić information content (AvgIpc) is 3.87. The lowest BCUT2D eigenvalue weighted by Crippen LogP contribution is -2.61. The van der Waals surface area contributed by atoms with E-state index >= 15 is 0 Å². The standard InChI is InChI=1S/C45H72N12O19S3/c1-20(2)15-25(52-40(70)26(16-32(48)59)53-43(73)28(18-77)55-36(66)21(46)12-14-79-3)39(69)54-27(17-35(64)65)41(71)56-29(19-78)42(72)50-22(6-9-31(47)58)37(67)49-23(7-10-33(60)61)38(68)51-24(8-11-34(62)63)44(74)57-13-4-5-30(57)45(75)76/h20-30,77-78H,4-19,46H2,1-3H3,(H2,47,58)(H2,48,59)(H,49,67)(H,50,72)(H,51,68)(H,52,70)(H,53,73)(H,54,69)(H,55,66)(H,56,71)(H,60,61)(H,62,63)(H,64,65)(H,75,76)/t21-,22-,23-,24-,25-,26-,27-,28-,29-,30-/m0/s1. The van der Waals surface area contributed by atoms with E-state index in [1.54, 1.807) is 20.1 Å². The van der Waals surface area contributed by atoms with E-state index in [1.165, 1.54) is 11.8 Å². The second kappa shape index (κ2) is 35.5. The maximum absolute atomic E-state index is 13.9. The van der Waals surface area contributed by atoms with E-state index in [0.29, 0.717) is 5.75 Å². The molecule has 0 aromatic heterocycles. The van der Waals surface area contributed by atoms with Crippen LogP contribution >= 0.6 is 37.0 Å². The predicted molar refractivity (Wildman–Crippen MR) is 284 cm³/mol. The van der Waals surface area contributed by atoms with Crippen LogP contribution in [0.2, 0.25) is 0 Å². The molecule has 0 spiro atoms. The van der Waals surface area contributed by atoms with Gasteiger partial charge in [0.2, 0.25) is 65.0 Å². The van der Waals surface area contributed by atoms with Crippen molar-refractivity contribution in [2.45, 2.75) is 151 Å². The van der Waals surface area contributed by atoms with E-state index < -0.39 is 212 Å². The second-order valence-electron chi connectivity index (χ2n) is 18.5. The van der Waals surface area contributed by atoms with Crippen LogP contribution in [-0.2, 0) is 71.9 Å². The maximum Gasteiger partial charge on any atom is 0.326 e. The first kappa shape index (κ1) is 70.1. The molecule has 1 rings (SSSR count). The Morgan fingerprint density at radius 1 is 0.519 bits per heavy atom. The number of carboxylic acids is 4. The molecule has 11 amide bonds. The Balaban J connectivity index is 3.44. The molecule has 1 aliphatic rings. The van der Waals surface area contributed by atoms with Crippen LogP contribution in [0.25, 0.3) is 0 Å². The molecule has 0 radical (unpaired) electrons. The Labute approximate surface area is 468 Å². The molecule has 0 saturated carbocycles. The van der Waals surface area contributed by atoms with Crippen molar-refractivity contribution in [1.82, 2.24) is 47.4 Å². The number of hydrogen-bond donors (Lipinski definition) is 17. The monoisotopic (exact) mass is 1180 g/mol. The van der Waals surface area contributed by atoms with Crippen molar-refractivity contribution in [3.05, 3.63) is 0 Å². The van der Waals surface area contributed by atoms with E-state index in [1.807, 2.05) is 0 Å². The van der Waals surface area contributed by atoms with Gasteiger partial charge in [-0.3, -0.25) is 67.1 Å². The summed E-state index contributed by atoms with van der Waals surface area (Å²) < 4.78 is 0. The molecule has 10 atom stereocenters. The highest BCUT2D eigenvalue weighted by Crippen LogP contribution is 2.20. The smallest absolute Gasteiger partial charge is 0.326 e. The number of nitrogens with zero attached hydrogens (tertiary/aromatic N) is 1. The highest BCUT2D eigenvalue weighted by molar-refractivity contribution is 7.98. The van der Waals surface area contributed by atoms with Crippen LogP contribution in [0.4, 0.5) is 0 Å². The number of carbonyl (C=O) groups excluding carboxylic acids is 11. The zero-order chi connectivity index (χ0) is 60.3. The lowest BCUT2D eigenvalue weighted by Gasteiger charge is -2.29. The molecule has 79 heavy (non-hydrogen) atoms. The van der Waals surface area contributed by atoms with Crippen molar-refractivity contribution < 1.29 is 92.3 Å². The molecule has 0 aromatic carbocycles. The molecule has 1 fully saturated rings. The summed E-state index contributed by atoms with van der Waals surface area (Å²) in [5, 5.41) is 56.3. The second-order valence-corrected chi connectivity index (χ2v) is 20.3. The zero-order valence-corrected chi connectivity index (χ0v) is 46.2. The Kier molecular flexibility index (Phi) is 31.5. The number of aliphatic carboxylic acids is 4. The molecular formula is C45H72N12O19S3. The normalized spacial score (nSPS) is 16.3. The fourth-order valence-corrected chi connectivity index (χ4v) is 8.55. The Morgan fingerprint density at radius 3 is 1.34 bits per heavy atom. The highest BCUT2D eigenvalue weighted by atomic mass is 32.2. The molecule has 31 nitrogen and oxygen atoms in total. The van der Waals surface area contributed by atoms with Gasteiger partial charge in [0, 0.05) is 37.3 Å². The van der Waals surface area contributed by atoms with Crippen molar-refractivity contribution in [3.63, 3.8) is 0 Å². The molecule has 0 aliphatic carbocycles. The Bertz CT molecular complexity index is 2250. The summed E-state index contributed by atoms with van der Waals surface area (Å²) in [6, 6.07) is -16.1. The summed E-state index contributed by atoms with van der Waals surface area (Å²) in [6.45, 7) is 3.19. The largest absolute Gasteiger partial charge is 0.481 e. The van der Waals surface area contributed by atoms with Gasteiger partial charge < -0.3 is 85.1 Å². The van der Waals surface area contributed by atoms with Crippen molar-refractivity contribution in [3.8, 4) is 0 Å². The van der Waals surface area contributed by atoms with Gasteiger partial charge in [-0.1, -0.05) is 13.8 Å². The van der Waals surface area contributed by atoms with Gasteiger partial charge >= 0.3 is 23.9 Å². The van der Waals surface area contributed by atoms with Gasteiger partial charge in [0.15, 0.2) is 0 Å². The fraction of sp³-hybridized carbons (Fsp3) is 0.667. The minimum atomic E-state index is -2.01. The quantitative estimate of drug-likeness (QED) is 0.0256. The number of thiol groups is 2. The van der Waals surface area contributed by atoms with Crippen molar-refractivity contribution in [2.75, 3.05) is 30.1 Å². The molecular weight excluding hydrogens is 1110 g/mol. The van der Waals surface area contributed by atoms with E-state index in [2.05, 4.69) is 67.8 Å². The first-order valence-corrected chi connectivity index (χ1v) is 27.3. The number of thioether (sulfide) groups is 1. The Morgan fingerprint density at radius 2 is 0.911 bits per heavy atom. The number of carboxylic acid groups (broad SMARTS) is 4. The molecule has 444 valence electrons. The number of carbonyl (C=O) groups is 15. The summed E-state index contributed by atoms with van der Waals surface area (Å²) in [7, 11) is 0. The van der Waals surface area contributed by atoms with Gasteiger partial charge in [0.25, 0.3) is 0 Å². The molecule has 1 saturated heterocycles. The summed E-state index contributed by atoms with van der Waals surface area (Å²) >= 11 is 9.60. The first-order chi connectivity index (χ1) is 36.9. The van der Waals surface area contributed by atoms with E-state index in [4.69, 9.17) is 17.2 Å². The summed E-state index contributed by atoms with van der Waals surface area (Å²) in [4.78, 5) is 194. The van der Waals surface area contributed by atoms with Crippen LogP contribution in [0, 0.1) is 5.92 Å². The number of rotatable bonds is 38. The van der Waals surface area contributed by atoms with Crippen LogP contribution in [0.5, 0.6) is 0 Å². The number of primary amides is 2. The van der Waals surface area contributed by atoms with Gasteiger partial charge in [-0.05, 0) is 62.9 Å². The highest BCUT2D eigenvalue weighted by Gasteiger charge is 2.40. The lowest BCUT2D eigenvalue weighted by atomic mass is 10.0. The summed E-state index contributed by atoms with van der Waals surface area (Å²) in [6.07, 6.45) is -3.66. The van der Waals surface area contributed by atoms with Crippen LogP contribution in [0.3, 0.4) is 0 Å². The fourth-order valence-electron chi connectivity index (χ4n) is 7.55. The van der Waals surface area contributed by atoms with Crippen LogP contribution in [0.1, 0.15) is 90.9 Å². The van der Waals surface area contributed by atoms with E-state index in [-0.39, 0.29) is 38.0 Å². The predicted octanol–water partition coefficient (Wildman–Crippen LogP) is -5.73. The maximum atomic E-state index is 13.9. The van der Waals surface area contributed by atoms with Gasteiger partial charge in [-0.15, -0.1) is 0 Å². The summed E-state index contributed by atoms with van der Waals surface area (Å²) in [5.41, 5.74) is 16.6. The Hall–Kier alpha value is -6.94. The lowest BCUT2D eigenvalue weighted by molar-refractivity contribution is -0.150. The van der Waals surface area contributed by atoms with Gasteiger partial charge in [0.1, 0.15) is 54.4 Å². The third-order valence-corrected chi connectivity index (χ3v) is 13.0. The average molecular weight is 1180 g/mol. The van der Waals surface area contributed by atoms with Gasteiger partial charge in [-0.25, -0.2) is 4.79 Å². The number of nitrogens with two attached hydrogens (primary N) is 3. The van der Waals surface area contributed by atoms with Crippen LogP contribution in [-0.4, -0.2) is 205 Å². The molecule has 0 aromatic rings. The van der Waals surface area contributed by atoms with Crippen molar-refractivity contribution >= 4 is 126 Å². The van der Waals surface area contributed by atoms with E-state index in [0.717, 1.165) is 4.90 Å². The summed E-state index contributed by atoms with van der Waals surface area (Å²) in [5.74, 6) is -18.7. The van der Waals surface area contributed by atoms with Crippen LogP contribution in [0.15, 0.2) is 0 Å². The first-order valence-electron chi connectivity index (χ1n) is 24.6. The topological polar surface area (TPSA) is 515 Å². The third-order valence-electron chi connectivity index (χ3n) is 11.7.